The molecule has 3 N–H and O–H groups in total. The average molecular weight is 386 g/mol. The number of hydrogen-bond acceptors (Lipinski definition) is 4. The lowest BCUT2D eigenvalue weighted by atomic mass is 9.91. The number of carboxylic acid groups (broad SMARTS) is 1. The van der Waals surface area contributed by atoms with Crippen molar-refractivity contribution in [3.8, 4) is 0 Å². The molecular formula is C15H16F6N2O3. The van der Waals surface area contributed by atoms with Gasteiger partial charge in [0, 0.05) is 31.7 Å². The topological polar surface area (TPSA) is 72.8 Å². The van der Waals surface area contributed by atoms with Crippen LogP contribution >= 0.6 is 0 Å². The Hall–Kier alpha value is -1.85. The fraction of sp³-hybridized carbons (Fsp3) is 0.533. The number of benzene rings is 1. The van der Waals surface area contributed by atoms with Crippen molar-refractivity contribution in [3.05, 3.63) is 35.4 Å². The van der Waals surface area contributed by atoms with E-state index in [4.69, 9.17) is 5.11 Å². The molecule has 5 nitrogen and oxygen atoms in total. The van der Waals surface area contributed by atoms with Gasteiger partial charge in [0.25, 0.3) is 5.60 Å². The number of hydrogen-bond donors (Lipinski definition) is 3. The number of nitrogens with zero attached hydrogens (tertiary/aromatic N) is 1. The van der Waals surface area contributed by atoms with E-state index in [0.717, 1.165) is 12.1 Å². The predicted molar refractivity (Wildman–Crippen MR) is 77.2 cm³/mol. The molecule has 1 aliphatic rings. The number of carbonyl (C=O) groups is 1. The molecule has 0 amide bonds. The second-order valence-electron chi connectivity index (χ2n) is 5.98. The molecule has 0 aliphatic carbocycles. The Morgan fingerprint density at radius 3 is 2.12 bits per heavy atom. The Bertz CT molecular complexity index is 630. The molecule has 2 rings (SSSR count). The molecule has 0 spiro atoms. The smallest absolute Gasteiger partial charge is 0.430 e. The van der Waals surface area contributed by atoms with Gasteiger partial charge in [-0.05, 0) is 5.56 Å². The molecule has 26 heavy (non-hydrogen) atoms. The Labute approximate surface area is 144 Å². The molecular weight excluding hydrogens is 370 g/mol. The third-order valence-corrected chi connectivity index (χ3v) is 4.16. The molecule has 1 heterocycles. The predicted octanol–water partition coefficient (Wildman–Crippen LogP) is 1.86. The van der Waals surface area contributed by atoms with Crippen molar-refractivity contribution in [2.75, 3.05) is 19.6 Å². The van der Waals surface area contributed by atoms with Crippen LogP contribution in [0, 0.1) is 0 Å². The van der Waals surface area contributed by atoms with Crippen LogP contribution in [0.1, 0.15) is 11.1 Å². The molecule has 1 fully saturated rings. The monoisotopic (exact) mass is 386 g/mol. The Morgan fingerprint density at radius 2 is 1.65 bits per heavy atom. The van der Waals surface area contributed by atoms with Gasteiger partial charge in [-0.25, -0.2) is 0 Å². The SMILES string of the molecule is O=C(O)C1CN(Cc2ccc(C(O)(C(F)(F)F)C(F)(F)F)cc2)CCN1. The van der Waals surface area contributed by atoms with E-state index in [9.17, 15) is 36.2 Å². The Morgan fingerprint density at radius 1 is 1.12 bits per heavy atom. The molecule has 0 saturated carbocycles. The highest BCUT2D eigenvalue weighted by molar-refractivity contribution is 5.73. The van der Waals surface area contributed by atoms with Crippen molar-refractivity contribution in [1.82, 2.24) is 10.2 Å². The van der Waals surface area contributed by atoms with Crippen molar-refractivity contribution in [1.29, 1.82) is 0 Å². The standard InChI is InChI=1S/C15H16F6N2O3/c16-14(17,18)13(26,15(19,20)21)10-3-1-9(2-4-10)7-23-6-5-22-11(8-23)12(24)25/h1-4,11,22,26H,5-8H2,(H,24,25). The molecule has 146 valence electrons. The van der Waals surface area contributed by atoms with E-state index in [-0.39, 0.29) is 13.1 Å². The fourth-order valence-corrected chi connectivity index (χ4v) is 2.72. The quantitative estimate of drug-likeness (QED) is 0.689. The molecule has 1 aliphatic heterocycles. The second kappa shape index (κ2) is 7.05. The number of piperazine rings is 1. The number of aliphatic carboxylic acids is 1. The number of carboxylic acids is 1. The first-order valence-electron chi connectivity index (χ1n) is 7.50. The van der Waals surface area contributed by atoms with Crippen LogP contribution in [0.3, 0.4) is 0 Å². The lowest BCUT2D eigenvalue weighted by Crippen LogP contribution is -2.54. The lowest BCUT2D eigenvalue weighted by molar-refractivity contribution is -0.376. The maximum absolute atomic E-state index is 12.8. The summed E-state index contributed by atoms with van der Waals surface area (Å²) in [6.07, 6.45) is -11.9. The van der Waals surface area contributed by atoms with Crippen LogP contribution in [0.5, 0.6) is 0 Å². The van der Waals surface area contributed by atoms with E-state index in [1.165, 1.54) is 0 Å². The normalized spacial score (nSPS) is 20.2. The molecule has 1 saturated heterocycles. The van der Waals surface area contributed by atoms with Crippen LogP contribution in [-0.4, -0.2) is 59.1 Å². The zero-order chi connectivity index (χ0) is 19.8. The summed E-state index contributed by atoms with van der Waals surface area (Å²) in [6.45, 7) is 1.16. The summed E-state index contributed by atoms with van der Waals surface area (Å²) in [5, 5.41) is 21.1. The van der Waals surface area contributed by atoms with Gasteiger partial charge < -0.3 is 15.5 Å². The van der Waals surface area contributed by atoms with E-state index in [0.29, 0.717) is 30.8 Å². The van der Waals surface area contributed by atoms with Gasteiger partial charge in [0.15, 0.2) is 0 Å². The summed E-state index contributed by atoms with van der Waals surface area (Å²) in [6, 6.07) is 2.45. The molecule has 11 heteroatoms. The summed E-state index contributed by atoms with van der Waals surface area (Å²) in [5.74, 6) is -1.05. The van der Waals surface area contributed by atoms with E-state index in [1.54, 1.807) is 4.90 Å². The summed E-state index contributed by atoms with van der Waals surface area (Å²) in [7, 11) is 0. The molecule has 1 aromatic carbocycles. The van der Waals surface area contributed by atoms with Gasteiger partial charge in [-0.3, -0.25) is 9.69 Å². The van der Waals surface area contributed by atoms with Crippen LogP contribution in [-0.2, 0) is 16.9 Å². The second-order valence-corrected chi connectivity index (χ2v) is 5.98. The molecule has 0 aromatic heterocycles. The van der Waals surface area contributed by atoms with E-state index >= 15 is 0 Å². The first kappa shape index (κ1) is 20.5. The lowest BCUT2D eigenvalue weighted by Gasteiger charge is -2.33. The molecule has 0 bridgehead atoms. The van der Waals surface area contributed by atoms with E-state index in [1.807, 2.05) is 0 Å². The maximum Gasteiger partial charge on any atom is 0.430 e. The summed E-state index contributed by atoms with van der Waals surface area (Å²) < 4.78 is 77.0. The molecule has 0 radical (unpaired) electrons. The highest BCUT2D eigenvalue weighted by Gasteiger charge is 2.71. The van der Waals surface area contributed by atoms with Gasteiger partial charge in [-0.1, -0.05) is 24.3 Å². The third-order valence-electron chi connectivity index (χ3n) is 4.16. The first-order chi connectivity index (χ1) is 11.9. The number of aliphatic hydroxyl groups is 1. The fourth-order valence-electron chi connectivity index (χ4n) is 2.72. The number of nitrogens with one attached hydrogen (secondary N) is 1. The molecule has 1 unspecified atom stereocenters. The number of rotatable bonds is 4. The van der Waals surface area contributed by atoms with E-state index < -0.39 is 35.5 Å². The molecule has 1 atom stereocenters. The highest BCUT2D eigenvalue weighted by atomic mass is 19.4. The van der Waals surface area contributed by atoms with Gasteiger partial charge in [0.05, 0.1) is 0 Å². The first-order valence-corrected chi connectivity index (χ1v) is 7.50. The van der Waals surface area contributed by atoms with Gasteiger partial charge in [-0.15, -0.1) is 0 Å². The summed E-state index contributed by atoms with van der Waals surface area (Å²) in [5.41, 5.74) is -5.89. The minimum Gasteiger partial charge on any atom is -0.480 e. The highest BCUT2D eigenvalue weighted by Crippen LogP contribution is 2.49. The Balaban J connectivity index is 2.18. The van der Waals surface area contributed by atoms with Crippen molar-refractivity contribution in [2.24, 2.45) is 0 Å². The van der Waals surface area contributed by atoms with Crippen molar-refractivity contribution in [3.63, 3.8) is 0 Å². The van der Waals surface area contributed by atoms with Gasteiger partial charge in [-0.2, -0.15) is 26.3 Å². The Kier molecular flexibility index (Phi) is 5.54. The minimum absolute atomic E-state index is 0.145. The zero-order valence-corrected chi connectivity index (χ0v) is 13.2. The van der Waals surface area contributed by atoms with Crippen LogP contribution in [0.2, 0.25) is 0 Å². The van der Waals surface area contributed by atoms with Crippen molar-refractivity contribution in [2.45, 2.75) is 30.5 Å². The molecule has 1 aromatic rings. The van der Waals surface area contributed by atoms with Crippen molar-refractivity contribution >= 4 is 5.97 Å². The summed E-state index contributed by atoms with van der Waals surface area (Å²) in [4.78, 5) is 12.7. The number of alkyl halides is 6. The average Bonchev–Trinajstić information content (AvgIpc) is 2.53. The zero-order valence-electron chi connectivity index (χ0n) is 13.2. The van der Waals surface area contributed by atoms with Crippen LogP contribution in [0.15, 0.2) is 24.3 Å². The largest absolute Gasteiger partial charge is 0.480 e. The van der Waals surface area contributed by atoms with E-state index in [2.05, 4.69) is 5.32 Å². The third kappa shape index (κ3) is 3.94. The van der Waals surface area contributed by atoms with Crippen molar-refractivity contribution < 1.29 is 41.4 Å². The van der Waals surface area contributed by atoms with Crippen LogP contribution in [0.25, 0.3) is 0 Å². The van der Waals surface area contributed by atoms with Crippen LogP contribution in [0.4, 0.5) is 26.3 Å². The van der Waals surface area contributed by atoms with Crippen LogP contribution < -0.4 is 5.32 Å². The maximum atomic E-state index is 12.8. The van der Waals surface area contributed by atoms with Gasteiger partial charge in [0.2, 0.25) is 0 Å². The van der Waals surface area contributed by atoms with Gasteiger partial charge in [0.1, 0.15) is 6.04 Å². The minimum atomic E-state index is -5.93. The number of halogens is 6. The van der Waals surface area contributed by atoms with Gasteiger partial charge >= 0.3 is 18.3 Å². The summed E-state index contributed by atoms with van der Waals surface area (Å²) >= 11 is 0.